The summed E-state index contributed by atoms with van der Waals surface area (Å²) in [6.45, 7) is 8.39. The highest BCUT2D eigenvalue weighted by Crippen LogP contribution is 2.25. The minimum atomic E-state index is -0.456. The molecular formula is C13H20N2OS. The van der Waals surface area contributed by atoms with Crippen LogP contribution in [-0.2, 0) is 17.8 Å². The number of rotatable bonds is 3. The number of fused-ring (bicyclic) bond motifs is 1. The summed E-state index contributed by atoms with van der Waals surface area (Å²) in [4.78, 5) is 15.8. The van der Waals surface area contributed by atoms with Crippen molar-refractivity contribution in [2.45, 2.75) is 39.3 Å². The lowest BCUT2D eigenvalue weighted by atomic mass is 10.0. The molecule has 0 saturated carbocycles. The molecule has 94 valence electrons. The fraction of sp³-hybridized carbons (Fsp3) is 0.615. The molecule has 4 heteroatoms. The van der Waals surface area contributed by atoms with E-state index in [4.69, 9.17) is 0 Å². The molecule has 0 aromatic carbocycles. The zero-order valence-electron chi connectivity index (χ0n) is 10.7. The number of carbonyl (C=O) groups excluding carboxylic acids is 1. The fourth-order valence-corrected chi connectivity index (χ4v) is 3.22. The molecule has 17 heavy (non-hydrogen) atoms. The van der Waals surface area contributed by atoms with Crippen molar-refractivity contribution in [3.05, 3.63) is 21.9 Å². The molecule has 3 nitrogen and oxygen atoms in total. The summed E-state index contributed by atoms with van der Waals surface area (Å²) in [6, 6.07) is 2.14. The number of hydrogen-bond acceptors (Lipinski definition) is 3. The van der Waals surface area contributed by atoms with Crippen LogP contribution in [0.4, 0.5) is 0 Å². The predicted molar refractivity (Wildman–Crippen MR) is 71.2 cm³/mol. The van der Waals surface area contributed by atoms with Crippen LogP contribution in [0.15, 0.2) is 11.4 Å². The van der Waals surface area contributed by atoms with Gasteiger partial charge in [-0.2, -0.15) is 0 Å². The third-order valence-electron chi connectivity index (χ3n) is 3.25. The topological polar surface area (TPSA) is 32.3 Å². The summed E-state index contributed by atoms with van der Waals surface area (Å²) in [5, 5.41) is 5.37. The minimum absolute atomic E-state index is 0.205. The second-order valence-corrected chi connectivity index (χ2v) is 6.00. The molecule has 0 saturated heterocycles. The molecule has 2 heterocycles. The van der Waals surface area contributed by atoms with Gasteiger partial charge < -0.3 is 10.2 Å². The van der Waals surface area contributed by atoms with Crippen molar-refractivity contribution in [3.63, 3.8) is 0 Å². The van der Waals surface area contributed by atoms with Gasteiger partial charge in [-0.15, -0.1) is 11.3 Å². The summed E-state index contributed by atoms with van der Waals surface area (Å²) >= 11 is 1.80. The highest BCUT2D eigenvalue weighted by atomic mass is 32.1. The molecule has 1 N–H and O–H groups in total. The van der Waals surface area contributed by atoms with Crippen LogP contribution < -0.4 is 5.32 Å². The van der Waals surface area contributed by atoms with E-state index in [1.54, 1.807) is 11.3 Å². The molecule has 1 amide bonds. The van der Waals surface area contributed by atoms with Crippen molar-refractivity contribution >= 4 is 17.2 Å². The summed E-state index contributed by atoms with van der Waals surface area (Å²) in [5.74, 6) is 0.205. The van der Waals surface area contributed by atoms with Crippen LogP contribution in [0.3, 0.4) is 0 Å². The van der Waals surface area contributed by atoms with Crippen molar-refractivity contribution in [2.75, 3.05) is 13.1 Å². The van der Waals surface area contributed by atoms with Gasteiger partial charge in [-0.1, -0.05) is 6.92 Å². The SMILES string of the molecule is CCNC(C)(C)C(=O)N1CCc2sccc2C1. The first kappa shape index (κ1) is 12.6. The molecule has 0 atom stereocenters. The maximum Gasteiger partial charge on any atom is 0.242 e. The molecule has 0 aliphatic carbocycles. The normalized spacial score (nSPS) is 15.8. The van der Waals surface area contributed by atoms with E-state index in [0.29, 0.717) is 0 Å². The third-order valence-corrected chi connectivity index (χ3v) is 4.27. The van der Waals surface area contributed by atoms with Crippen LogP contribution in [0.2, 0.25) is 0 Å². The lowest BCUT2D eigenvalue weighted by molar-refractivity contribution is -0.138. The number of hydrogen-bond donors (Lipinski definition) is 1. The van der Waals surface area contributed by atoms with Crippen LogP contribution in [-0.4, -0.2) is 29.4 Å². The molecule has 0 fully saturated rings. The minimum Gasteiger partial charge on any atom is -0.336 e. The molecule has 2 rings (SSSR count). The summed E-state index contributed by atoms with van der Waals surface area (Å²) in [6.07, 6.45) is 1.00. The standard InChI is InChI=1S/C13H20N2OS/c1-4-14-13(2,3)12(16)15-7-5-11-10(9-15)6-8-17-11/h6,8,14H,4-5,7,9H2,1-3H3. The molecular weight excluding hydrogens is 232 g/mol. The van der Waals surface area contributed by atoms with Gasteiger partial charge >= 0.3 is 0 Å². The first-order chi connectivity index (χ1) is 8.04. The molecule has 0 bridgehead atoms. The van der Waals surface area contributed by atoms with Crippen LogP contribution in [0, 0.1) is 0 Å². The molecule has 1 aromatic rings. The van der Waals surface area contributed by atoms with Crippen LogP contribution in [0.5, 0.6) is 0 Å². The maximum atomic E-state index is 12.4. The highest BCUT2D eigenvalue weighted by molar-refractivity contribution is 7.10. The van der Waals surface area contributed by atoms with E-state index in [1.807, 2.05) is 25.7 Å². The van der Waals surface area contributed by atoms with Crippen LogP contribution >= 0.6 is 11.3 Å². The molecule has 1 aliphatic rings. The van der Waals surface area contributed by atoms with Gasteiger partial charge in [0.25, 0.3) is 0 Å². The van der Waals surface area contributed by atoms with Crippen LogP contribution in [0.1, 0.15) is 31.2 Å². The van der Waals surface area contributed by atoms with Crippen molar-refractivity contribution < 1.29 is 4.79 Å². The Morgan fingerprint density at radius 2 is 2.35 bits per heavy atom. The molecule has 0 radical (unpaired) electrons. The van der Waals surface area contributed by atoms with E-state index in [-0.39, 0.29) is 5.91 Å². The number of nitrogens with one attached hydrogen (secondary N) is 1. The Morgan fingerprint density at radius 1 is 1.59 bits per heavy atom. The lowest BCUT2D eigenvalue weighted by Crippen LogP contribution is -2.54. The Balaban J connectivity index is 2.08. The van der Waals surface area contributed by atoms with Crippen molar-refractivity contribution in [2.24, 2.45) is 0 Å². The van der Waals surface area contributed by atoms with E-state index < -0.39 is 5.54 Å². The van der Waals surface area contributed by atoms with Crippen molar-refractivity contribution in [1.82, 2.24) is 10.2 Å². The van der Waals surface area contributed by atoms with Gasteiger partial charge in [0.2, 0.25) is 5.91 Å². The summed E-state index contributed by atoms with van der Waals surface area (Å²) < 4.78 is 0. The van der Waals surface area contributed by atoms with Crippen LogP contribution in [0.25, 0.3) is 0 Å². The summed E-state index contributed by atoms with van der Waals surface area (Å²) in [5.41, 5.74) is 0.865. The monoisotopic (exact) mass is 252 g/mol. The fourth-order valence-electron chi connectivity index (χ4n) is 2.33. The number of nitrogens with zero attached hydrogens (tertiary/aromatic N) is 1. The first-order valence-electron chi connectivity index (χ1n) is 6.14. The van der Waals surface area contributed by atoms with Gasteiger partial charge in [0.1, 0.15) is 0 Å². The number of thiophene rings is 1. The third kappa shape index (κ3) is 2.53. The average Bonchev–Trinajstić information content (AvgIpc) is 2.74. The number of amides is 1. The number of likely N-dealkylation sites (N-methyl/N-ethyl adjacent to an activating group) is 1. The molecule has 0 spiro atoms. The van der Waals surface area contributed by atoms with E-state index in [1.165, 1.54) is 10.4 Å². The lowest BCUT2D eigenvalue weighted by Gasteiger charge is -2.34. The second kappa shape index (κ2) is 4.78. The van der Waals surface area contributed by atoms with Gasteiger partial charge in [-0.05, 0) is 43.8 Å². The Bertz CT molecular complexity index is 411. The molecule has 1 aliphatic heterocycles. The zero-order chi connectivity index (χ0) is 12.5. The zero-order valence-corrected chi connectivity index (χ0v) is 11.6. The second-order valence-electron chi connectivity index (χ2n) is 5.00. The first-order valence-corrected chi connectivity index (χ1v) is 7.02. The smallest absolute Gasteiger partial charge is 0.242 e. The van der Waals surface area contributed by atoms with Gasteiger partial charge in [-0.25, -0.2) is 0 Å². The van der Waals surface area contributed by atoms with E-state index in [0.717, 1.165) is 26.1 Å². The van der Waals surface area contributed by atoms with Gasteiger partial charge in [0.05, 0.1) is 5.54 Å². The van der Waals surface area contributed by atoms with E-state index in [9.17, 15) is 4.79 Å². The Hall–Kier alpha value is -0.870. The maximum absolute atomic E-state index is 12.4. The quantitative estimate of drug-likeness (QED) is 0.892. The Morgan fingerprint density at radius 3 is 3.06 bits per heavy atom. The van der Waals surface area contributed by atoms with Gasteiger partial charge in [0.15, 0.2) is 0 Å². The molecule has 0 unspecified atom stereocenters. The highest BCUT2D eigenvalue weighted by Gasteiger charge is 2.32. The Labute approximate surface area is 107 Å². The van der Waals surface area contributed by atoms with E-state index in [2.05, 4.69) is 16.8 Å². The average molecular weight is 252 g/mol. The number of carbonyl (C=O) groups is 1. The van der Waals surface area contributed by atoms with Crippen molar-refractivity contribution in [1.29, 1.82) is 0 Å². The predicted octanol–water partition coefficient (Wildman–Crippen LogP) is 2.02. The van der Waals surface area contributed by atoms with E-state index >= 15 is 0 Å². The summed E-state index contributed by atoms with van der Waals surface area (Å²) in [7, 11) is 0. The molecule has 1 aromatic heterocycles. The van der Waals surface area contributed by atoms with Crippen molar-refractivity contribution in [3.8, 4) is 0 Å². The van der Waals surface area contributed by atoms with Gasteiger partial charge in [-0.3, -0.25) is 4.79 Å². The Kier molecular flexibility index (Phi) is 3.54. The van der Waals surface area contributed by atoms with Gasteiger partial charge in [0, 0.05) is 18.0 Å². The largest absolute Gasteiger partial charge is 0.336 e.